The molecule has 22 heavy (non-hydrogen) atoms. The molecule has 1 atom stereocenters. The van der Waals surface area contributed by atoms with Crippen LogP contribution in [0.25, 0.3) is 0 Å². The van der Waals surface area contributed by atoms with Gasteiger partial charge < -0.3 is 20.2 Å². The zero-order chi connectivity index (χ0) is 16.2. The predicted octanol–water partition coefficient (Wildman–Crippen LogP) is -0.0400. The predicted molar refractivity (Wildman–Crippen MR) is 76.3 cm³/mol. The van der Waals surface area contributed by atoms with Gasteiger partial charge >= 0.3 is 7.60 Å². The Morgan fingerprint density at radius 1 is 1.36 bits per heavy atom. The molecular formula is C12H15N4O5P. The summed E-state index contributed by atoms with van der Waals surface area (Å²) in [5, 5.41) is 16.0. The van der Waals surface area contributed by atoms with Crippen molar-refractivity contribution in [2.75, 3.05) is 6.16 Å². The van der Waals surface area contributed by atoms with Crippen LogP contribution in [0.1, 0.15) is 10.4 Å². The van der Waals surface area contributed by atoms with Crippen molar-refractivity contribution in [1.29, 1.82) is 0 Å². The van der Waals surface area contributed by atoms with Crippen molar-refractivity contribution < 1.29 is 24.3 Å². The molecule has 0 aliphatic carbocycles. The van der Waals surface area contributed by atoms with Gasteiger partial charge in [-0.25, -0.2) is 4.98 Å². The molecule has 1 unspecified atom stereocenters. The van der Waals surface area contributed by atoms with Crippen molar-refractivity contribution in [3.8, 4) is 5.75 Å². The van der Waals surface area contributed by atoms with E-state index in [1.807, 2.05) is 0 Å². The van der Waals surface area contributed by atoms with E-state index in [2.05, 4.69) is 15.4 Å². The first-order valence-corrected chi connectivity index (χ1v) is 8.11. The molecule has 0 saturated heterocycles. The van der Waals surface area contributed by atoms with E-state index in [0.717, 1.165) is 0 Å². The Morgan fingerprint density at radius 2 is 2.09 bits per heavy atom. The highest BCUT2D eigenvalue weighted by molar-refractivity contribution is 7.51. The van der Waals surface area contributed by atoms with Gasteiger partial charge in [-0.1, -0.05) is 12.1 Å². The van der Waals surface area contributed by atoms with E-state index in [4.69, 9.17) is 9.79 Å². The van der Waals surface area contributed by atoms with Crippen LogP contribution in [0.4, 0.5) is 0 Å². The van der Waals surface area contributed by atoms with Crippen LogP contribution in [-0.2, 0) is 11.1 Å². The molecule has 4 N–H and O–H groups in total. The number of nitrogens with zero attached hydrogens (tertiary/aromatic N) is 3. The lowest BCUT2D eigenvalue weighted by molar-refractivity contribution is 0.0933. The van der Waals surface area contributed by atoms with Crippen molar-refractivity contribution in [3.63, 3.8) is 0 Å². The minimum Gasteiger partial charge on any atom is -0.507 e. The number of nitrogens with one attached hydrogen (secondary N) is 1. The van der Waals surface area contributed by atoms with E-state index in [1.54, 1.807) is 12.1 Å². The summed E-state index contributed by atoms with van der Waals surface area (Å²) >= 11 is 0. The average molecular weight is 326 g/mol. The molecule has 1 amide bonds. The van der Waals surface area contributed by atoms with Crippen molar-refractivity contribution >= 4 is 13.5 Å². The molecule has 0 bridgehead atoms. The lowest BCUT2D eigenvalue weighted by Gasteiger charge is -2.19. The van der Waals surface area contributed by atoms with Crippen molar-refractivity contribution in [2.45, 2.75) is 12.6 Å². The maximum Gasteiger partial charge on any atom is 0.327 e. The monoisotopic (exact) mass is 326 g/mol. The van der Waals surface area contributed by atoms with Crippen molar-refractivity contribution in [2.24, 2.45) is 0 Å². The van der Waals surface area contributed by atoms with Gasteiger partial charge in [0.1, 0.15) is 18.4 Å². The molecule has 0 spiro atoms. The first kappa shape index (κ1) is 16.2. The third kappa shape index (κ3) is 4.66. The summed E-state index contributed by atoms with van der Waals surface area (Å²) in [5.41, 5.74) is 0.0248. The molecule has 9 nitrogen and oxygen atoms in total. The fourth-order valence-electron chi connectivity index (χ4n) is 1.92. The van der Waals surface area contributed by atoms with Gasteiger partial charge in [0.2, 0.25) is 0 Å². The summed E-state index contributed by atoms with van der Waals surface area (Å²) in [5.74, 6) is -0.840. The van der Waals surface area contributed by atoms with Gasteiger partial charge in [0.05, 0.1) is 24.3 Å². The second-order valence-electron chi connectivity index (χ2n) is 4.65. The van der Waals surface area contributed by atoms with Crippen LogP contribution in [-0.4, -0.2) is 47.8 Å². The van der Waals surface area contributed by atoms with Crippen LogP contribution in [0.2, 0.25) is 0 Å². The third-order valence-electron chi connectivity index (χ3n) is 2.82. The second kappa shape index (κ2) is 6.69. The average Bonchev–Trinajstić information content (AvgIpc) is 2.89. The van der Waals surface area contributed by atoms with Crippen LogP contribution >= 0.6 is 7.60 Å². The molecule has 0 radical (unpaired) electrons. The molecule has 0 aliphatic rings. The third-order valence-corrected chi connectivity index (χ3v) is 3.73. The number of carbonyl (C=O) groups excluding carboxylic acids is 1. The number of hydrogen-bond acceptors (Lipinski definition) is 5. The van der Waals surface area contributed by atoms with Crippen molar-refractivity contribution in [1.82, 2.24) is 20.1 Å². The number of aromatic nitrogens is 3. The maximum atomic E-state index is 12.1. The van der Waals surface area contributed by atoms with Crippen LogP contribution < -0.4 is 5.32 Å². The zero-order valence-corrected chi connectivity index (χ0v) is 12.3. The number of rotatable bonds is 6. The van der Waals surface area contributed by atoms with Gasteiger partial charge in [-0.2, -0.15) is 5.10 Å². The largest absolute Gasteiger partial charge is 0.507 e. The van der Waals surface area contributed by atoms with E-state index >= 15 is 0 Å². The smallest absolute Gasteiger partial charge is 0.327 e. The number of phenols is 1. The molecule has 1 heterocycles. The van der Waals surface area contributed by atoms with Gasteiger partial charge in [-0.15, -0.1) is 0 Å². The van der Waals surface area contributed by atoms with E-state index in [9.17, 15) is 14.5 Å². The molecule has 1 aromatic carbocycles. The summed E-state index contributed by atoms with van der Waals surface area (Å²) in [6.07, 6.45) is 2.10. The highest BCUT2D eigenvalue weighted by Gasteiger charge is 2.25. The maximum absolute atomic E-state index is 12.1. The summed E-state index contributed by atoms with van der Waals surface area (Å²) in [6, 6.07) is 5.03. The van der Waals surface area contributed by atoms with E-state index in [1.165, 1.54) is 29.5 Å². The van der Waals surface area contributed by atoms with E-state index < -0.39 is 25.7 Å². The molecule has 0 aliphatic heterocycles. The van der Waals surface area contributed by atoms with Gasteiger partial charge in [-0.05, 0) is 12.1 Å². The van der Waals surface area contributed by atoms with Gasteiger partial charge in [-0.3, -0.25) is 14.0 Å². The van der Waals surface area contributed by atoms with Gasteiger partial charge in [0, 0.05) is 0 Å². The van der Waals surface area contributed by atoms with Crippen LogP contribution in [0, 0.1) is 0 Å². The first-order valence-electron chi connectivity index (χ1n) is 6.31. The molecular weight excluding hydrogens is 311 g/mol. The minimum atomic E-state index is -4.34. The first-order chi connectivity index (χ1) is 10.3. The molecule has 2 aromatic rings. The fraction of sp³-hybridized carbons (Fsp3) is 0.250. The summed E-state index contributed by atoms with van der Waals surface area (Å²) in [4.78, 5) is 34.1. The normalized spacial score (nSPS) is 12.8. The number of aromatic hydroxyl groups is 1. The number of phenolic OH excluding ortho intramolecular Hbond substituents is 1. The second-order valence-corrected chi connectivity index (χ2v) is 6.35. The lowest BCUT2D eigenvalue weighted by Crippen LogP contribution is -2.40. The highest BCUT2D eigenvalue weighted by atomic mass is 31.2. The molecule has 0 saturated carbocycles. The standard InChI is InChI=1S/C12H15N4O5P/c17-11-4-2-1-3-10(11)12(18)15-9(6-22(19,20)21)5-16-8-13-7-14-16/h1-4,7-9,17H,5-6H2,(H,15,18)(H2,19,20,21). The Labute approximate surface area is 125 Å². The number of benzene rings is 1. The number of amides is 1. The molecule has 1 aromatic heterocycles. The number of para-hydroxylation sites is 1. The summed E-state index contributed by atoms with van der Waals surface area (Å²) in [6.45, 7) is 0.0461. The highest BCUT2D eigenvalue weighted by Crippen LogP contribution is 2.35. The molecule has 2 rings (SSSR count). The minimum absolute atomic E-state index is 0.0248. The Balaban J connectivity index is 2.13. The Hall–Kier alpha value is -2.22. The van der Waals surface area contributed by atoms with Gasteiger partial charge in [0.25, 0.3) is 5.91 Å². The molecule has 0 fully saturated rings. The summed E-state index contributed by atoms with van der Waals surface area (Å²) < 4.78 is 12.6. The quantitative estimate of drug-likeness (QED) is 0.546. The number of carbonyl (C=O) groups is 1. The topological polar surface area (TPSA) is 138 Å². The Morgan fingerprint density at radius 3 is 2.68 bits per heavy atom. The molecule has 118 valence electrons. The lowest BCUT2D eigenvalue weighted by atomic mass is 10.2. The fourth-order valence-corrected chi connectivity index (χ4v) is 2.70. The van der Waals surface area contributed by atoms with Crippen molar-refractivity contribution in [3.05, 3.63) is 42.5 Å². The number of hydrogen-bond donors (Lipinski definition) is 4. The van der Waals surface area contributed by atoms with Gasteiger partial charge in [0.15, 0.2) is 0 Å². The van der Waals surface area contributed by atoms with E-state index in [0.29, 0.717) is 0 Å². The Bertz CT molecular complexity index is 685. The van der Waals surface area contributed by atoms with E-state index in [-0.39, 0.29) is 17.9 Å². The Kier molecular flexibility index (Phi) is 4.92. The molecule has 10 heteroatoms. The van der Waals surface area contributed by atoms with Crippen LogP contribution in [0.15, 0.2) is 36.9 Å². The zero-order valence-electron chi connectivity index (χ0n) is 11.4. The summed E-state index contributed by atoms with van der Waals surface area (Å²) in [7, 11) is -4.34. The van der Waals surface area contributed by atoms with Crippen LogP contribution in [0.5, 0.6) is 5.75 Å². The van der Waals surface area contributed by atoms with Crippen LogP contribution in [0.3, 0.4) is 0 Å². The SMILES string of the molecule is O=C(NC(Cn1cncn1)CP(=O)(O)O)c1ccccc1O.